The standard InChI is InChI=1S/C17H20N4O2/c1-11(2)8-16-19-15(20-23-16)10-21(3)17(22)13-5-4-12-6-7-18-14(12)9-13/h4-7,9,11,18H,8,10H2,1-3H3. The monoisotopic (exact) mass is 312 g/mol. The van der Waals surface area contributed by atoms with Crippen LogP contribution in [-0.4, -0.2) is 33.0 Å². The second kappa shape index (κ2) is 6.24. The summed E-state index contributed by atoms with van der Waals surface area (Å²) in [6.07, 6.45) is 2.60. The van der Waals surface area contributed by atoms with Crippen LogP contribution in [0.15, 0.2) is 35.0 Å². The number of benzene rings is 1. The molecule has 0 radical (unpaired) electrons. The molecule has 0 aliphatic heterocycles. The minimum absolute atomic E-state index is 0.0725. The van der Waals surface area contributed by atoms with Gasteiger partial charge in [0.25, 0.3) is 5.91 Å². The minimum atomic E-state index is -0.0725. The van der Waals surface area contributed by atoms with Gasteiger partial charge in [-0.25, -0.2) is 0 Å². The molecule has 0 fully saturated rings. The molecule has 1 amide bonds. The van der Waals surface area contributed by atoms with E-state index >= 15 is 0 Å². The molecule has 0 saturated carbocycles. The number of fused-ring (bicyclic) bond motifs is 1. The lowest BCUT2D eigenvalue weighted by atomic mass is 10.1. The summed E-state index contributed by atoms with van der Waals surface area (Å²) in [5.41, 5.74) is 1.58. The Balaban J connectivity index is 1.70. The van der Waals surface area contributed by atoms with E-state index in [1.165, 1.54) is 0 Å². The van der Waals surface area contributed by atoms with Crippen LogP contribution >= 0.6 is 0 Å². The number of aromatic amines is 1. The van der Waals surface area contributed by atoms with Crippen molar-refractivity contribution in [1.29, 1.82) is 0 Å². The lowest BCUT2D eigenvalue weighted by Crippen LogP contribution is -2.26. The van der Waals surface area contributed by atoms with Gasteiger partial charge in [-0.05, 0) is 29.5 Å². The molecule has 0 atom stereocenters. The molecule has 3 aromatic rings. The van der Waals surface area contributed by atoms with E-state index in [1.54, 1.807) is 11.9 Å². The van der Waals surface area contributed by atoms with Crippen molar-refractivity contribution in [2.24, 2.45) is 5.92 Å². The lowest BCUT2D eigenvalue weighted by molar-refractivity contribution is 0.0781. The summed E-state index contributed by atoms with van der Waals surface area (Å²) in [5, 5.41) is 5.02. The summed E-state index contributed by atoms with van der Waals surface area (Å²) in [4.78, 5) is 21.6. The van der Waals surface area contributed by atoms with Crippen molar-refractivity contribution in [3.05, 3.63) is 47.7 Å². The van der Waals surface area contributed by atoms with Gasteiger partial charge in [-0.15, -0.1) is 0 Å². The molecule has 2 aromatic heterocycles. The minimum Gasteiger partial charge on any atom is -0.361 e. The molecule has 0 aliphatic rings. The third-order valence-corrected chi connectivity index (χ3v) is 3.62. The maximum absolute atomic E-state index is 12.5. The molecule has 0 aliphatic carbocycles. The molecule has 23 heavy (non-hydrogen) atoms. The van der Waals surface area contributed by atoms with Crippen LogP contribution in [-0.2, 0) is 13.0 Å². The van der Waals surface area contributed by atoms with E-state index in [-0.39, 0.29) is 5.91 Å². The van der Waals surface area contributed by atoms with Gasteiger partial charge in [0, 0.05) is 30.7 Å². The largest absolute Gasteiger partial charge is 0.361 e. The number of nitrogens with zero attached hydrogens (tertiary/aromatic N) is 3. The Labute approximate surface area is 134 Å². The molecule has 6 nitrogen and oxygen atoms in total. The number of hydrogen-bond donors (Lipinski definition) is 1. The van der Waals surface area contributed by atoms with Crippen LogP contribution in [0, 0.1) is 5.92 Å². The van der Waals surface area contributed by atoms with Crippen molar-refractivity contribution in [1.82, 2.24) is 20.0 Å². The highest BCUT2D eigenvalue weighted by Crippen LogP contribution is 2.16. The highest BCUT2D eigenvalue weighted by Gasteiger charge is 2.16. The molecule has 0 unspecified atom stereocenters. The van der Waals surface area contributed by atoms with Crippen LogP contribution in [0.25, 0.3) is 10.9 Å². The van der Waals surface area contributed by atoms with E-state index in [4.69, 9.17) is 4.52 Å². The van der Waals surface area contributed by atoms with Gasteiger partial charge in [0.1, 0.15) is 0 Å². The Morgan fingerprint density at radius 2 is 2.17 bits per heavy atom. The first-order valence-electron chi connectivity index (χ1n) is 7.67. The van der Waals surface area contributed by atoms with Gasteiger partial charge in [0.05, 0.1) is 6.54 Å². The predicted molar refractivity (Wildman–Crippen MR) is 86.9 cm³/mol. The smallest absolute Gasteiger partial charge is 0.254 e. The van der Waals surface area contributed by atoms with Crippen LogP contribution in [0.1, 0.15) is 35.9 Å². The van der Waals surface area contributed by atoms with Crippen molar-refractivity contribution in [3.63, 3.8) is 0 Å². The summed E-state index contributed by atoms with van der Waals surface area (Å²) in [7, 11) is 1.74. The molecule has 1 N–H and O–H groups in total. The van der Waals surface area contributed by atoms with E-state index in [2.05, 4.69) is 29.0 Å². The summed E-state index contributed by atoms with van der Waals surface area (Å²) in [6, 6.07) is 7.59. The second-order valence-electron chi connectivity index (χ2n) is 6.14. The van der Waals surface area contributed by atoms with Crippen molar-refractivity contribution in [2.75, 3.05) is 7.05 Å². The fraction of sp³-hybridized carbons (Fsp3) is 0.353. The van der Waals surface area contributed by atoms with E-state index in [0.717, 1.165) is 17.3 Å². The molecule has 3 rings (SSSR count). The summed E-state index contributed by atoms with van der Waals surface area (Å²) in [5.74, 6) is 1.52. The first kappa shape index (κ1) is 15.3. The quantitative estimate of drug-likeness (QED) is 0.786. The Morgan fingerprint density at radius 1 is 1.35 bits per heavy atom. The Kier molecular flexibility index (Phi) is 4.14. The number of hydrogen-bond acceptors (Lipinski definition) is 4. The number of carbonyl (C=O) groups excluding carboxylic acids is 1. The molecule has 6 heteroatoms. The van der Waals surface area contributed by atoms with Crippen molar-refractivity contribution in [3.8, 4) is 0 Å². The molecule has 0 saturated heterocycles. The normalized spacial score (nSPS) is 11.3. The number of rotatable bonds is 5. The average molecular weight is 312 g/mol. The fourth-order valence-corrected chi connectivity index (χ4v) is 2.47. The van der Waals surface area contributed by atoms with Crippen LogP contribution in [0.2, 0.25) is 0 Å². The van der Waals surface area contributed by atoms with Crippen LogP contribution < -0.4 is 0 Å². The summed E-state index contributed by atoms with van der Waals surface area (Å²) < 4.78 is 5.20. The number of aromatic nitrogens is 3. The molecule has 2 heterocycles. The fourth-order valence-electron chi connectivity index (χ4n) is 2.47. The first-order chi connectivity index (χ1) is 11.0. The van der Waals surface area contributed by atoms with Gasteiger partial charge in [0.15, 0.2) is 5.82 Å². The average Bonchev–Trinajstić information content (AvgIpc) is 3.14. The molecule has 120 valence electrons. The predicted octanol–water partition coefficient (Wildman–Crippen LogP) is 3.02. The van der Waals surface area contributed by atoms with Gasteiger partial charge in [-0.1, -0.05) is 25.1 Å². The van der Waals surface area contributed by atoms with E-state index in [1.807, 2.05) is 30.5 Å². The number of amides is 1. The maximum atomic E-state index is 12.5. The van der Waals surface area contributed by atoms with Gasteiger partial charge < -0.3 is 14.4 Å². The highest BCUT2D eigenvalue weighted by atomic mass is 16.5. The summed E-state index contributed by atoms with van der Waals surface area (Å²) >= 11 is 0. The third kappa shape index (κ3) is 3.41. The topological polar surface area (TPSA) is 75.0 Å². The van der Waals surface area contributed by atoms with E-state index < -0.39 is 0 Å². The van der Waals surface area contributed by atoms with Crippen molar-refractivity contribution < 1.29 is 9.32 Å². The van der Waals surface area contributed by atoms with Gasteiger partial charge in [-0.2, -0.15) is 4.98 Å². The Morgan fingerprint density at radius 3 is 2.96 bits per heavy atom. The number of H-pyrrole nitrogens is 1. The molecular weight excluding hydrogens is 292 g/mol. The zero-order valence-corrected chi connectivity index (χ0v) is 13.5. The van der Waals surface area contributed by atoms with E-state index in [0.29, 0.717) is 29.7 Å². The lowest BCUT2D eigenvalue weighted by Gasteiger charge is -2.15. The van der Waals surface area contributed by atoms with Crippen molar-refractivity contribution in [2.45, 2.75) is 26.8 Å². The van der Waals surface area contributed by atoms with Crippen LogP contribution in [0.3, 0.4) is 0 Å². The number of carbonyl (C=O) groups is 1. The Bertz CT molecular complexity index is 819. The zero-order chi connectivity index (χ0) is 16.4. The highest BCUT2D eigenvalue weighted by molar-refractivity contribution is 5.97. The van der Waals surface area contributed by atoms with Gasteiger partial charge in [-0.3, -0.25) is 4.79 Å². The molecule has 0 bridgehead atoms. The molecule has 1 aromatic carbocycles. The van der Waals surface area contributed by atoms with E-state index in [9.17, 15) is 4.79 Å². The van der Waals surface area contributed by atoms with Gasteiger partial charge in [0.2, 0.25) is 5.89 Å². The molecule has 0 spiro atoms. The molecular formula is C17H20N4O2. The zero-order valence-electron chi connectivity index (χ0n) is 13.5. The van der Waals surface area contributed by atoms with Crippen molar-refractivity contribution >= 4 is 16.8 Å². The maximum Gasteiger partial charge on any atom is 0.254 e. The SMILES string of the molecule is CC(C)Cc1nc(CN(C)C(=O)c2ccc3cc[nH]c3c2)no1. The summed E-state index contributed by atoms with van der Waals surface area (Å²) in [6.45, 7) is 4.51. The second-order valence-corrected chi connectivity index (χ2v) is 6.14. The van der Waals surface area contributed by atoms with Crippen LogP contribution in [0.4, 0.5) is 0 Å². The Hall–Kier alpha value is -2.63. The number of nitrogens with one attached hydrogen (secondary N) is 1. The third-order valence-electron chi connectivity index (χ3n) is 3.62. The van der Waals surface area contributed by atoms with Crippen LogP contribution in [0.5, 0.6) is 0 Å². The van der Waals surface area contributed by atoms with Gasteiger partial charge >= 0.3 is 0 Å². The first-order valence-corrected chi connectivity index (χ1v) is 7.67.